The Balaban J connectivity index is 1.68. The largest absolute Gasteiger partial charge is 0.497 e. The van der Waals surface area contributed by atoms with E-state index >= 15 is 0 Å². The number of methoxy groups -OCH3 is 1. The third-order valence-corrected chi connectivity index (χ3v) is 6.79. The Bertz CT molecular complexity index is 847. The molecule has 0 radical (unpaired) electrons. The molecule has 3 rings (SSSR count). The fourth-order valence-electron chi connectivity index (χ4n) is 3.24. The van der Waals surface area contributed by atoms with Crippen molar-refractivity contribution in [2.75, 3.05) is 33.3 Å². The van der Waals surface area contributed by atoms with E-state index < -0.39 is 10.0 Å². The number of benzene rings is 2. The van der Waals surface area contributed by atoms with Crippen LogP contribution in [-0.4, -0.2) is 50.9 Å². The first kappa shape index (κ1) is 18.8. The minimum absolute atomic E-state index is 0.0953. The monoisotopic (exact) mass is 378 g/mol. The fourth-order valence-corrected chi connectivity index (χ4v) is 4.66. The first-order valence-electron chi connectivity index (χ1n) is 8.56. The van der Waals surface area contributed by atoms with Crippen molar-refractivity contribution >= 4 is 10.0 Å². The standard InChI is InChI=1S/C19H23FN2O3S/c1-15(18-5-3-4-6-19(18)20)21-11-13-22(14-12-21)26(23,24)17-9-7-16(25-2)8-10-17/h3-10,15H,11-14H2,1-2H3. The van der Waals surface area contributed by atoms with Crippen LogP contribution in [0.2, 0.25) is 0 Å². The van der Waals surface area contributed by atoms with Gasteiger partial charge in [0.1, 0.15) is 11.6 Å². The van der Waals surface area contributed by atoms with Gasteiger partial charge in [-0.1, -0.05) is 18.2 Å². The topological polar surface area (TPSA) is 49.9 Å². The van der Waals surface area contributed by atoms with Crippen LogP contribution in [-0.2, 0) is 10.0 Å². The molecule has 1 unspecified atom stereocenters. The van der Waals surface area contributed by atoms with Crippen LogP contribution in [0.5, 0.6) is 5.75 Å². The van der Waals surface area contributed by atoms with Crippen LogP contribution in [0.1, 0.15) is 18.5 Å². The van der Waals surface area contributed by atoms with Crippen LogP contribution >= 0.6 is 0 Å². The number of nitrogens with zero attached hydrogens (tertiary/aromatic N) is 2. The van der Waals surface area contributed by atoms with Crippen molar-refractivity contribution in [2.45, 2.75) is 17.9 Å². The number of halogens is 1. The maximum Gasteiger partial charge on any atom is 0.243 e. The lowest BCUT2D eigenvalue weighted by atomic mass is 10.1. The van der Waals surface area contributed by atoms with Gasteiger partial charge >= 0.3 is 0 Å². The molecule has 0 amide bonds. The van der Waals surface area contributed by atoms with Crippen molar-refractivity contribution in [3.63, 3.8) is 0 Å². The highest BCUT2D eigenvalue weighted by molar-refractivity contribution is 7.89. The predicted molar refractivity (Wildman–Crippen MR) is 98.1 cm³/mol. The Morgan fingerprint density at radius 3 is 2.19 bits per heavy atom. The molecular formula is C19H23FN2O3S. The minimum Gasteiger partial charge on any atom is -0.497 e. The van der Waals surface area contributed by atoms with Gasteiger partial charge in [-0.3, -0.25) is 4.90 Å². The molecule has 1 heterocycles. The van der Waals surface area contributed by atoms with E-state index in [0.717, 1.165) is 0 Å². The van der Waals surface area contributed by atoms with Gasteiger partial charge in [0.15, 0.2) is 0 Å². The summed E-state index contributed by atoms with van der Waals surface area (Å²) < 4.78 is 46.1. The summed E-state index contributed by atoms with van der Waals surface area (Å²) in [5.41, 5.74) is 0.638. The molecule has 0 spiro atoms. The summed E-state index contributed by atoms with van der Waals surface area (Å²) in [4.78, 5) is 2.37. The molecule has 1 atom stereocenters. The highest BCUT2D eigenvalue weighted by atomic mass is 32.2. The van der Waals surface area contributed by atoms with Crippen molar-refractivity contribution in [3.8, 4) is 5.75 Å². The summed E-state index contributed by atoms with van der Waals surface area (Å²) in [6, 6.07) is 13.0. The number of hydrogen-bond acceptors (Lipinski definition) is 4. The highest BCUT2D eigenvalue weighted by Gasteiger charge is 2.30. The van der Waals surface area contributed by atoms with Gasteiger partial charge in [0, 0.05) is 37.8 Å². The first-order valence-corrected chi connectivity index (χ1v) is 10.00. The number of rotatable bonds is 5. The number of ether oxygens (including phenoxy) is 1. The minimum atomic E-state index is -3.53. The molecule has 1 aliphatic rings. The summed E-state index contributed by atoms with van der Waals surface area (Å²) in [5.74, 6) is 0.390. The second kappa shape index (κ2) is 7.73. The van der Waals surface area contributed by atoms with E-state index in [1.807, 2.05) is 13.0 Å². The number of piperazine rings is 1. The average molecular weight is 378 g/mol. The van der Waals surface area contributed by atoms with Crippen molar-refractivity contribution < 1.29 is 17.5 Å². The van der Waals surface area contributed by atoms with E-state index in [1.165, 1.54) is 10.4 Å². The number of sulfonamides is 1. The van der Waals surface area contributed by atoms with E-state index in [-0.39, 0.29) is 16.8 Å². The Morgan fingerprint density at radius 1 is 1.00 bits per heavy atom. The van der Waals surface area contributed by atoms with Crippen molar-refractivity contribution in [3.05, 3.63) is 59.9 Å². The summed E-state index contributed by atoms with van der Waals surface area (Å²) in [7, 11) is -1.99. The van der Waals surface area contributed by atoms with E-state index in [0.29, 0.717) is 37.5 Å². The zero-order valence-electron chi connectivity index (χ0n) is 14.9. The maximum atomic E-state index is 14.0. The lowest BCUT2D eigenvalue weighted by molar-refractivity contribution is 0.143. The van der Waals surface area contributed by atoms with E-state index in [4.69, 9.17) is 4.74 Å². The Kier molecular flexibility index (Phi) is 5.60. The third kappa shape index (κ3) is 3.75. The molecule has 0 bridgehead atoms. The Labute approximate surface area is 154 Å². The predicted octanol–water partition coefficient (Wildman–Crippen LogP) is 2.90. The third-order valence-electron chi connectivity index (χ3n) is 4.87. The molecular weight excluding hydrogens is 355 g/mol. The molecule has 0 N–H and O–H groups in total. The summed E-state index contributed by atoms with van der Waals surface area (Å²) in [6.45, 7) is 3.84. The van der Waals surface area contributed by atoms with E-state index in [2.05, 4.69) is 4.90 Å². The summed E-state index contributed by atoms with van der Waals surface area (Å²) in [5, 5.41) is 0. The second-order valence-electron chi connectivity index (χ2n) is 6.31. The van der Waals surface area contributed by atoms with E-state index in [9.17, 15) is 12.8 Å². The average Bonchev–Trinajstić information content (AvgIpc) is 2.68. The van der Waals surface area contributed by atoms with Gasteiger partial charge in [-0.15, -0.1) is 0 Å². The van der Waals surface area contributed by atoms with Gasteiger partial charge in [-0.05, 0) is 37.3 Å². The molecule has 7 heteroatoms. The Hall–Kier alpha value is -1.96. The molecule has 0 saturated carbocycles. The molecule has 0 aliphatic carbocycles. The molecule has 0 aromatic heterocycles. The molecule has 1 fully saturated rings. The zero-order valence-corrected chi connectivity index (χ0v) is 15.7. The molecule has 2 aromatic rings. The fraction of sp³-hybridized carbons (Fsp3) is 0.368. The van der Waals surface area contributed by atoms with Gasteiger partial charge in [-0.25, -0.2) is 12.8 Å². The van der Waals surface area contributed by atoms with Gasteiger partial charge < -0.3 is 4.74 Å². The van der Waals surface area contributed by atoms with Crippen LogP contribution in [0.25, 0.3) is 0 Å². The summed E-state index contributed by atoms with van der Waals surface area (Å²) in [6.07, 6.45) is 0. The molecule has 2 aromatic carbocycles. The normalized spacial score (nSPS) is 17.8. The van der Waals surface area contributed by atoms with Crippen LogP contribution in [0, 0.1) is 5.82 Å². The zero-order chi connectivity index (χ0) is 18.7. The Morgan fingerprint density at radius 2 is 1.62 bits per heavy atom. The molecule has 26 heavy (non-hydrogen) atoms. The maximum absolute atomic E-state index is 14.0. The van der Waals surface area contributed by atoms with Gasteiger partial charge in [0.05, 0.1) is 12.0 Å². The first-order chi connectivity index (χ1) is 12.4. The van der Waals surface area contributed by atoms with Gasteiger partial charge in [0.2, 0.25) is 10.0 Å². The SMILES string of the molecule is COc1ccc(S(=O)(=O)N2CCN(C(C)c3ccccc3F)CC2)cc1. The van der Waals surface area contributed by atoms with Crippen molar-refractivity contribution in [1.82, 2.24) is 9.21 Å². The number of hydrogen-bond donors (Lipinski definition) is 0. The van der Waals surface area contributed by atoms with Gasteiger partial charge in [-0.2, -0.15) is 4.31 Å². The highest BCUT2D eigenvalue weighted by Crippen LogP contribution is 2.26. The molecule has 5 nitrogen and oxygen atoms in total. The van der Waals surface area contributed by atoms with Crippen molar-refractivity contribution in [2.24, 2.45) is 0 Å². The van der Waals surface area contributed by atoms with Crippen LogP contribution < -0.4 is 4.74 Å². The van der Waals surface area contributed by atoms with E-state index in [1.54, 1.807) is 43.5 Å². The summed E-state index contributed by atoms with van der Waals surface area (Å²) >= 11 is 0. The van der Waals surface area contributed by atoms with Crippen LogP contribution in [0.15, 0.2) is 53.4 Å². The second-order valence-corrected chi connectivity index (χ2v) is 8.25. The molecule has 1 aliphatic heterocycles. The van der Waals surface area contributed by atoms with Crippen LogP contribution in [0.4, 0.5) is 4.39 Å². The molecule has 140 valence electrons. The van der Waals surface area contributed by atoms with Crippen molar-refractivity contribution in [1.29, 1.82) is 0 Å². The smallest absolute Gasteiger partial charge is 0.243 e. The lowest BCUT2D eigenvalue weighted by Gasteiger charge is -2.37. The quantitative estimate of drug-likeness (QED) is 0.803. The lowest BCUT2D eigenvalue weighted by Crippen LogP contribution is -2.49. The molecule has 1 saturated heterocycles. The van der Waals surface area contributed by atoms with Crippen LogP contribution in [0.3, 0.4) is 0 Å². The van der Waals surface area contributed by atoms with Gasteiger partial charge in [0.25, 0.3) is 0 Å².